The second-order valence-electron chi connectivity index (χ2n) is 14.4. The molecule has 0 atom stereocenters. The van der Waals surface area contributed by atoms with Crippen molar-refractivity contribution in [3.05, 3.63) is 179 Å². The molecule has 0 amide bonds. The number of nitrogens with zero attached hydrogens (tertiary/aromatic N) is 4. The van der Waals surface area contributed by atoms with Gasteiger partial charge in [0.1, 0.15) is 0 Å². The first-order chi connectivity index (χ1) is 28.4. The van der Waals surface area contributed by atoms with Crippen LogP contribution in [0.2, 0.25) is 0 Å². The summed E-state index contributed by atoms with van der Waals surface area (Å²) < 4.78 is 0. The van der Waals surface area contributed by atoms with E-state index < -0.39 is 0 Å². The molecule has 4 nitrogen and oxygen atoms in total. The van der Waals surface area contributed by atoms with Gasteiger partial charge in [0.25, 0.3) is 0 Å². The average Bonchev–Trinajstić information content (AvgIpc) is 3.28. The van der Waals surface area contributed by atoms with Crippen molar-refractivity contribution in [2.24, 2.45) is 0 Å². The van der Waals surface area contributed by atoms with Gasteiger partial charge in [0.05, 0.1) is 0 Å². The van der Waals surface area contributed by atoms with E-state index in [-0.39, 0.29) is 0 Å². The first-order valence-electron chi connectivity index (χ1n) is 21.1. The first kappa shape index (κ1) is 41.4. The molecule has 6 aromatic carbocycles. The minimum absolute atomic E-state index is 1.01. The number of hydrogen-bond donors (Lipinski definition) is 0. The minimum Gasteiger partial charge on any atom is -0.372 e. The fourth-order valence-electron chi connectivity index (χ4n) is 7.38. The van der Waals surface area contributed by atoms with Crippen LogP contribution in [0.3, 0.4) is 0 Å². The van der Waals surface area contributed by atoms with E-state index in [1.807, 2.05) is 0 Å². The van der Waals surface area contributed by atoms with Crippen LogP contribution in [-0.2, 0) is 0 Å². The Labute approximate surface area is 348 Å². The van der Waals surface area contributed by atoms with Crippen molar-refractivity contribution in [2.75, 3.05) is 58.9 Å². The first-order valence-corrected chi connectivity index (χ1v) is 21.1. The molecule has 0 radical (unpaired) electrons. The zero-order chi connectivity index (χ0) is 40.7. The molecule has 296 valence electrons. The van der Waals surface area contributed by atoms with Crippen LogP contribution in [0.1, 0.15) is 74.9 Å². The molecule has 0 saturated carbocycles. The molecule has 0 saturated heterocycles. The van der Waals surface area contributed by atoms with Crippen molar-refractivity contribution in [2.45, 2.75) is 41.5 Å². The summed E-state index contributed by atoms with van der Waals surface area (Å²) in [6.45, 7) is 19.3. The van der Waals surface area contributed by atoms with Gasteiger partial charge < -0.3 is 19.6 Å². The van der Waals surface area contributed by atoms with Gasteiger partial charge in [-0.3, -0.25) is 0 Å². The monoisotopic (exact) mass is 764 g/mol. The third-order valence-corrected chi connectivity index (χ3v) is 10.9. The molecule has 4 heteroatoms. The Bertz CT molecular complexity index is 1940. The van der Waals surface area contributed by atoms with Gasteiger partial charge in [0, 0.05) is 73.4 Å². The Morgan fingerprint density at radius 3 is 0.552 bits per heavy atom. The second kappa shape index (κ2) is 20.8. The Morgan fingerprint density at radius 2 is 0.397 bits per heavy atom. The molecule has 0 N–H and O–H groups in total. The smallest absolute Gasteiger partial charge is 0.0462 e. The Morgan fingerprint density at radius 1 is 0.241 bits per heavy atom. The lowest BCUT2D eigenvalue weighted by atomic mass is 10.1. The Hall–Kier alpha value is -6.26. The van der Waals surface area contributed by atoms with E-state index in [1.54, 1.807) is 0 Å². The molecule has 6 rings (SSSR count). The maximum absolute atomic E-state index is 2.37. The SMILES string of the molecule is CCN(CC)c1ccc(/C=C/c2ccc(N(c3ccc(/C=C/c4ccc(N(CC)CC)cc4)cc3)c3ccc(/C=C/c4ccc(N(CC)CC)cc4)cc3)cc2)cc1. The Kier molecular flexibility index (Phi) is 14.8. The van der Waals surface area contributed by atoms with Crippen LogP contribution in [0.15, 0.2) is 146 Å². The van der Waals surface area contributed by atoms with Crippen LogP contribution in [0.4, 0.5) is 34.1 Å². The van der Waals surface area contributed by atoms with Crippen LogP contribution in [0.25, 0.3) is 36.5 Å². The highest BCUT2D eigenvalue weighted by atomic mass is 15.1. The van der Waals surface area contributed by atoms with E-state index in [0.29, 0.717) is 0 Å². The standard InChI is InChI=1S/C54H60N4/c1-7-55(8-2)49-31-19-43(20-32-49)13-16-46-25-37-52(38-26-46)58(53-39-27-47(28-40-53)17-14-44-21-33-50(34-22-44)56(9-3)10-4)54-41-29-48(30-42-54)18-15-45-23-35-51(36-24-45)57(11-5)12-6/h13-42H,7-12H2,1-6H3/b16-13+,17-14+,18-15+. The second-order valence-corrected chi connectivity index (χ2v) is 14.4. The number of hydrogen-bond acceptors (Lipinski definition) is 4. The fourth-order valence-corrected chi connectivity index (χ4v) is 7.38. The summed E-state index contributed by atoms with van der Waals surface area (Å²) in [6.07, 6.45) is 13.1. The quantitative estimate of drug-likeness (QED) is 0.0808. The average molecular weight is 765 g/mol. The van der Waals surface area contributed by atoms with Crippen molar-refractivity contribution in [1.29, 1.82) is 0 Å². The highest BCUT2D eigenvalue weighted by molar-refractivity contribution is 5.81. The highest BCUT2D eigenvalue weighted by Crippen LogP contribution is 2.35. The van der Waals surface area contributed by atoms with Gasteiger partial charge in [-0.2, -0.15) is 0 Å². The van der Waals surface area contributed by atoms with E-state index in [9.17, 15) is 0 Å². The van der Waals surface area contributed by atoms with Gasteiger partial charge in [-0.25, -0.2) is 0 Å². The van der Waals surface area contributed by atoms with E-state index >= 15 is 0 Å². The van der Waals surface area contributed by atoms with Crippen molar-refractivity contribution < 1.29 is 0 Å². The molecule has 0 aliphatic rings. The molecule has 0 fully saturated rings. The van der Waals surface area contributed by atoms with E-state index in [0.717, 1.165) is 73.0 Å². The number of anilines is 6. The van der Waals surface area contributed by atoms with Gasteiger partial charge in [0.15, 0.2) is 0 Å². The lowest BCUT2D eigenvalue weighted by molar-refractivity contribution is 0.866. The van der Waals surface area contributed by atoms with Crippen molar-refractivity contribution in [3.8, 4) is 0 Å². The predicted molar refractivity (Wildman–Crippen MR) is 258 cm³/mol. The van der Waals surface area contributed by atoms with Crippen LogP contribution >= 0.6 is 0 Å². The molecule has 0 aliphatic carbocycles. The largest absolute Gasteiger partial charge is 0.372 e. The molecule has 0 bridgehead atoms. The molecule has 0 spiro atoms. The molecule has 0 unspecified atom stereocenters. The van der Waals surface area contributed by atoms with Crippen molar-refractivity contribution in [1.82, 2.24) is 0 Å². The summed E-state index contributed by atoms with van der Waals surface area (Å²) in [5.74, 6) is 0. The van der Waals surface area contributed by atoms with Crippen molar-refractivity contribution >= 4 is 70.6 Å². The summed E-state index contributed by atoms with van der Waals surface area (Å²) in [4.78, 5) is 9.44. The van der Waals surface area contributed by atoms with Crippen LogP contribution < -0.4 is 19.6 Å². The van der Waals surface area contributed by atoms with E-state index in [4.69, 9.17) is 0 Å². The summed E-state index contributed by atoms with van der Waals surface area (Å²) in [5, 5.41) is 0. The Balaban J connectivity index is 1.22. The van der Waals surface area contributed by atoms with Gasteiger partial charge in [-0.15, -0.1) is 0 Å². The topological polar surface area (TPSA) is 13.0 Å². The van der Waals surface area contributed by atoms with Gasteiger partial charge >= 0.3 is 0 Å². The highest BCUT2D eigenvalue weighted by Gasteiger charge is 2.13. The summed E-state index contributed by atoms with van der Waals surface area (Å²) in [5.41, 5.74) is 14.2. The predicted octanol–water partition coefficient (Wildman–Crippen LogP) is 14.2. The number of benzene rings is 6. The molecule has 58 heavy (non-hydrogen) atoms. The van der Waals surface area contributed by atoms with Gasteiger partial charge in [0.2, 0.25) is 0 Å². The minimum atomic E-state index is 1.01. The maximum atomic E-state index is 2.37. The van der Waals surface area contributed by atoms with Gasteiger partial charge in [-0.05, 0) is 148 Å². The van der Waals surface area contributed by atoms with E-state index in [1.165, 1.54) is 33.8 Å². The third-order valence-electron chi connectivity index (χ3n) is 10.9. The molecule has 0 aromatic heterocycles. The fraction of sp³-hybridized carbons (Fsp3) is 0.222. The van der Waals surface area contributed by atoms with Crippen molar-refractivity contribution in [3.63, 3.8) is 0 Å². The van der Waals surface area contributed by atoms with Crippen LogP contribution in [0.5, 0.6) is 0 Å². The van der Waals surface area contributed by atoms with Gasteiger partial charge in [-0.1, -0.05) is 109 Å². The normalized spacial score (nSPS) is 11.5. The molecule has 0 aliphatic heterocycles. The summed E-state index contributed by atoms with van der Waals surface area (Å²) in [6, 6.07) is 53.0. The van der Waals surface area contributed by atoms with Crippen LogP contribution in [-0.4, -0.2) is 39.3 Å². The lowest BCUT2D eigenvalue weighted by Gasteiger charge is -2.26. The summed E-state index contributed by atoms with van der Waals surface area (Å²) in [7, 11) is 0. The summed E-state index contributed by atoms with van der Waals surface area (Å²) >= 11 is 0. The lowest BCUT2D eigenvalue weighted by Crippen LogP contribution is -2.21. The zero-order valence-electron chi connectivity index (χ0n) is 35.4. The molecule has 6 aromatic rings. The molecular formula is C54H60N4. The van der Waals surface area contributed by atoms with Crippen LogP contribution in [0, 0.1) is 0 Å². The van der Waals surface area contributed by atoms with E-state index in [2.05, 4.69) is 243 Å². The maximum Gasteiger partial charge on any atom is 0.0462 e. The zero-order valence-corrected chi connectivity index (χ0v) is 35.4. The molecule has 0 heterocycles. The molecular weight excluding hydrogens is 705 g/mol. The number of rotatable bonds is 18. The third kappa shape index (κ3) is 10.8.